The van der Waals surface area contributed by atoms with E-state index in [0.29, 0.717) is 13.0 Å². The lowest BCUT2D eigenvalue weighted by Gasteiger charge is -2.04. The van der Waals surface area contributed by atoms with E-state index in [-0.39, 0.29) is 5.91 Å². The predicted molar refractivity (Wildman–Crippen MR) is 53.6 cm³/mol. The van der Waals surface area contributed by atoms with Crippen molar-refractivity contribution in [3.8, 4) is 0 Å². The molecule has 0 saturated carbocycles. The highest BCUT2D eigenvalue weighted by Gasteiger charge is 1.99. The summed E-state index contributed by atoms with van der Waals surface area (Å²) in [6.07, 6.45) is 2.27. The molecule has 1 rings (SSSR count). The monoisotopic (exact) mass is 196 g/mol. The molecule has 0 atom stereocenters. The molecule has 0 aliphatic heterocycles. The summed E-state index contributed by atoms with van der Waals surface area (Å²) >= 11 is 0. The zero-order chi connectivity index (χ0) is 10.4. The first-order chi connectivity index (χ1) is 6.74. The van der Waals surface area contributed by atoms with Crippen LogP contribution in [-0.4, -0.2) is 29.3 Å². The van der Waals surface area contributed by atoms with Crippen LogP contribution in [0.2, 0.25) is 0 Å². The minimum Gasteiger partial charge on any atom is -0.359 e. The fourth-order valence-corrected chi connectivity index (χ4v) is 1.12. The van der Waals surface area contributed by atoms with Crippen molar-refractivity contribution in [3.63, 3.8) is 0 Å². The molecular formula is C9H16N4O. The van der Waals surface area contributed by atoms with Gasteiger partial charge in [-0.2, -0.15) is 5.10 Å². The summed E-state index contributed by atoms with van der Waals surface area (Å²) in [5.74, 6) is 0.0579. The van der Waals surface area contributed by atoms with Crippen molar-refractivity contribution >= 4 is 5.91 Å². The van der Waals surface area contributed by atoms with Crippen molar-refractivity contribution in [3.05, 3.63) is 18.0 Å². The largest absolute Gasteiger partial charge is 0.359 e. The maximum Gasteiger partial charge on any atom is 0.221 e. The van der Waals surface area contributed by atoms with Crippen LogP contribution in [0.15, 0.2) is 12.3 Å². The molecule has 0 aliphatic rings. The Hall–Kier alpha value is -1.36. The second-order valence-corrected chi connectivity index (χ2v) is 3.05. The molecule has 1 heterocycles. The van der Waals surface area contributed by atoms with Gasteiger partial charge in [-0.05, 0) is 6.07 Å². The maximum absolute atomic E-state index is 10.9. The topological polar surface area (TPSA) is 59.0 Å². The smallest absolute Gasteiger partial charge is 0.221 e. The van der Waals surface area contributed by atoms with Gasteiger partial charge in [0.2, 0.25) is 5.91 Å². The van der Waals surface area contributed by atoms with E-state index in [1.807, 2.05) is 17.8 Å². The third-order valence-corrected chi connectivity index (χ3v) is 2.04. The van der Waals surface area contributed by atoms with E-state index in [2.05, 4.69) is 15.7 Å². The first-order valence-corrected chi connectivity index (χ1v) is 4.62. The molecule has 1 aromatic rings. The van der Waals surface area contributed by atoms with Gasteiger partial charge in [0, 0.05) is 39.8 Å². The van der Waals surface area contributed by atoms with Crippen molar-refractivity contribution in [2.45, 2.75) is 13.0 Å². The van der Waals surface area contributed by atoms with E-state index in [4.69, 9.17) is 0 Å². The lowest BCUT2D eigenvalue weighted by molar-refractivity contribution is -0.120. The number of carbonyl (C=O) groups is 1. The highest BCUT2D eigenvalue weighted by Crippen LogP contribution is 1.94. The molecule has 0 unspecified atom stereocenters. The summed E-state index contributed by atoms with van der Waals surface area (Å²) in [4.78, 5) is 10.9. The first-order valence-electron chi connectivity index (χ1n) is 4.62. The summed E-state index contributed by atoms with van der Waals surface area (Å²) < 4.78 is 1.81. The van der Waals surface area contributed by atoms with E-state index in [9.17, 15) is 4.79 Å². The lowest BCUT2D eigenvalue weighted by Crippen LogP contribution is -2.25. The molecule has 0 spiro atoms. The predicted octanol–water partition coefficient (Wildman–Crippen LogP) is -0.354. The molecule has 0 aromatic carbocycles. The molecule has 14 heavy (non-hydrogen) atoms. The van der Waals surface area contributed by atoms with Crippen molar-refractivity contribution in [1.29, 1.82) is 0 Å². The zero-order valence-corrected chi connectivity index (χ0v) is 8.58. The number of rotatable bonds is 5. The van der Waals surface area contributed by atoms with Crippen LogP contribution in [0.5, 0.6) is 0 Å². The van der Waals surface area contributed by atoms with Gasteiger partial charge < -0.3 is 10.6 Å². The van der Waals surface area contributed by atoms with Gasteiger partial charge in [0.1, 0.15) is 0 Å². The van der Waals surface area contributed by atoms with Gasteiger partial charge in [-0.25, -0.2) is 0 Å². The molecule has 0 fully saturated rings. The molecule has 0 aliphatic carbocycles. The van der Waals surface area contributed by atoms with Crippen molar-refractivity contribution in [2.24, 2.45) is 7.05 Å². The minimum atomic E-state index is 0.0579. The van der Waals surface area contributed by atoms with Crippen LogP contribution in [0.25, 0.3) is 0 Å². The third-order valence-electron chi connectivity index (χ3n) is 2.04. The van der Waals surface area contributed by atoms with Gasteiger partial charge in [-0.15, -0.1) is 0 Å². The molecule has 0 radical (unpaired) electrons. The van der Waals surface area contributed by atoms with Gasteiger partial charge in [0.15, 0.2) is 0 Å². The van der Waals surface area contributed by atoms with E-state index in [0.717, 1.165) is 12.2 Å². The van der Waals surface area contributed by atoms with Crippen LogP contribution in [0.4, 0.5) is 0 Å². The van der Waals surface area contributed by atoms with Gasteiger partial charge in [0.05, 0.1) is 5.69 Å². The Labute approximate surface area is 83.5 Å². The molecular weight excluding hydrogens is 180 g/mol. The highest BCUT2D eigenvalue weighted by atomic mass is 16.1. The molecule has 1 aromatic heterocycles. The summed E-state index contributed by atoms with van der Waals surface area (Å²) in [6, 6.07) is 1.95. The van der Waals surface area contributed by atoms with Gasteiger partial charge >= 0.3 is 0 Å². The van der Waals surface area contributed by atoms with Crippen LogP contribution in [-0.2, 0) is 18.4 Å². The normalized spacial score (nSPS) is 10.1. The van der Waals surface area contributed by atoms with Gasteiger partial charge in [-0.1, -0.05) is 0 Å². The molecule has 0 bridgehead atoms. The lowest BCUT2D eigenvalue weighted by atomic mass is 10.3. The summed E-state index contributed by atoms with van der Waals surface area (Å²) in [5.41, 5.74) is 1.11. The molecule has 1 amide bonds. The fourth-order valence-electron chi connectivity index (χ4n) is 1.12. The maximum atomic E-state index is 10.9. The van der Waals surface area contributed by atoms with Crippen molar-refractivity contribution < 1.29 is 4.79 Å². The molecule has 0 saturated heterocycles. The minimum absolute atomic E-state index is 0.0579. The highest BCUT2D eigenvalue weighted by molar-refractivity contribution is 5.75. The van der Waals surface area contributed by atoms with Crippen molar-refractivity contribution in [1.82, 2.24) is 20.4 Å². The van der Waals surface area contributed by atoms with E-state index in [1.165, 1.54) is 0 Å². The second-order valence-electron chi connectivity index (χ2n) is 3.05. The zero-order valence-electron chi connectivity index (χ0n) is 8.58. The van der Waals surface area contributed by atoms with Crippen molar-refractivity contribution in [2.75, 3.05) is 13.6 Å². The second kappa shape index (κ2) is 5.39. The van der Waals surface area contributed by atoms with Crippen LogP contribution in [0.1, 0.15) is 12.1 Å². The number of nitrogens with zero attached hydrogens (tertiary/aromatic N) is 2. The Morgan fingerprint density at radius 1 is 1.64 bits per heavy atom. The average molecular weight is 196 g/mol. The standard InChI is InChI=1S/C9H16N4O/c1-10-9(14)4-5-11-7-8-3-6-12-13(8)2/h3,6,11H,4-5,7H2,1-2H3,(H,10,14). The molecule has 2 N–H and O–H groups in total. The number of aromatic nitrogens is 2. The quantitative estimate of drug-likeness (QED) is 0.633. The first kappa shape index (κ1) is 10.7. The summed E-state index contributed by atoms with van der Waals surface area (Å²) in [6.45, 7) is 1.43. The Balaban J connectivity index is 2.16. The molecule has 78 valence electrons. The van der Waals surface area contributed by atoms with E-state index in [1.54, 1.807) is 13.2 Å². The number of carbonyl (C=O) groups excluding carboxylic acids is 1. The summed E-state index contributed by atoms with van der Waals surface area (Å²) in [7, 11) is 3.54. The number of aryl methyl sites for hydroxylation is 1. The van der Waals surface area contributed by atoms with Crippen LogP contribution >= 0.6 is 0 Å². The Kier molecular flexibility index (Phi) is 4.12. The van der Waals surface area contributed by atoms with Gasteiger partial charge in [0.25, 0.3) is 0 Å². The Morgan fingerprint density at radius 2 is 2.43 bits per heavy atom. The van der Waals surface area contributed by atoms with Crippen LogP contribution < -0.4 is 10.6 Å². The molecule has 5 heteroatoms. The molecule has 5 nitrogen and oxygen atoms in total. The Morgan fingerprint density at radius 3 is 3.00 bits per heavy atom. The van der Waals surface area contributed by atoms with Crippen LogP contribution in [0, 0.1) is 0 Å². The SMILES string of the molecule is CNC(=O)CCNCc1ccnn1C. The third kappa shape index (κ3) is 3.18. The number of hydrogen-bond acceptors (Lipinski definition) is 3. The van der Waals surface area contributed by atoms with E-state index >= 15 is 0 Å². The average Bonchev–Trinajstić information content (AvgIpc) is 2.58. The number of hydrogen-bond donors (Lipinski definition) is 2. The van der Waals surface area contributed by atoms with E-state index < -0.39 is 0 Å². The number of nitrogens with one attached hydrogen (secondary N) is 2. The summed E-state index contributed by atoms with van der Waals surface area (Å²) in [5, 5.41) is 9.79. The van der Waals surface area contributed by atoms with Gasteiger partial charge in [-0.3, -0.25) is 9.48 Å². The van der Waals surface area contributed by atoms with Crippen LogP contribution in [0.3, 0.4) is 0 Å². The Bertz CT molecular complexity index is 295. The number of amides is 1. The fraction of sp³-hybridized carbons (Fsp3) is 0.556.